The Bertz CT molecular complexity index is 690. The van der Waals surface area contributed by atoms with E-state index in [2.05, 4.69) is 10.1 Å². The van der Waals surface area contributed by atoms with E-state index in [1.165, 1.54) is 6.07 Å². The molecule has 0 amide bonds. The van der Waals surface area contributed by atoms with Gasteiger partial charge in [-0.2, -0.15) is 23.0 Å². The van der Waals surface area contributed by atoms with Crippen LogP contribution in [0.25, 0.3) is 0 Å². The first-order chi connectivity index (χ1) is 9.30. The Hall–Kier alpha value is -2.58. The number of nitrogens with one attached hydrogen (secondary N) is 1. The van der Waals surface area contributed by atoms with Gasteiger partial charge in [0.25, 0.3) is 0 Å². The molecule has 6 nitrogen and oxygen atoms in total. The number of aromatic amines is 1. The van der Waals surface area contributed by atoms with E-state index in [0.717, 1.165) is 18.5 Å². The molecule has 0 saturated carbocycles. The van der Waals surface area contributed by atoms with Gasteiger partial charge in [0.05, 0.1) is 5.56 Å². The standard InChI is InChI=1S/C11H8F3N3O3/c12-11(13,14)7-3-1-2-6(4-7)8(9(18)19)17-10(20)15-5-16-17/h1-5,8H,(H,18,19)(H,15,16,20). The SMILES string of the molecule is O=C(O)C(c1cccc(C(F)(F)F)c1)n1nc[nH]c1=O. The average molecular weight is 287 g/mol. The van der Waals surface area contributed by atoms with Gasteiger partial charge in [-0.05, 0) is 17.7 Å². The number of carboxylic acid groups (broad SMARTS) is 1. The van der Waals surface area contributed by atoms with Crippen LogP contribution < -0.4 is 5.69 Å². The normalized spacial score (nSPS) is 13.2. The number of alkyl halides is 3. The van der Waals surface area contributed by atoms with Gasteiger partial charge < -0.3 is 5.11 Å². The van der Waals surface area contributed by atoms with E-state index in [1.54, 1.807) is 0 Å². The second kappa shape index (κ2) is 4.83. The third-order valence-corrected chi connectivity index (χ3v) is 2.59. The van der Waals surface area contributed by atoms with Crippen LogP contribution in [-0.4, -0.2) is 25.8 Å². The van der Waals surface area contributed by atoms with Crippen LogP contribution in [0.2, 0.25) is 0 Å². The minimum Gasteiger partial charge on any atom is -0.479 e. The summed E-state index contributed by atoms with van der Waals surface area (Å²) < 4.78 is 38.4. The number of aromatic nitrogens is 3. The molecule has 0 spiro atoms. The number of carboxylic acids is 1. The minimum absolute atomic E-state index is 0.193. The highest BCUT2D eigenvalue weighted by Gasteiger charge is 2.32. The Kier molecular flexibility index (Phi) is 3.35. The molecular weight excluding hydrogens is 279 g/mol. The van der Waals surface area contributed by atoms with Crippen LogP contribution in [0, 0.1) is 0 Å². The fourth-order valence-electron chi connectivity index (χ4n) is 1.72. The van der Waals surface area contributed by atoms with Crippen molar-refractivity contribution in [3.05, 3.63) is 52.2 Å². The zero-order chi connectivity index (χ0) is 14.9. The summed E-state index contributed by atoms with van der Waals surface area (Å²) in [4.78, 5) is 24.7. The second-order valence-electron chi connectivity index (χ2n) is 3.90. The number of hydrogen-bond acceptors (Lipinski definition) is 3. The first-order valence-electron chi connectivity index (χ1n) is 5.33. The van der Waals surface area contributed by atoms with E-state index in [1.807, 2.05) is 0 Å². The molecule has 2 N–H and O–H groups in total. The highest BCUT2D eigenvalue weighted by Crippen LogP contribution is 2.31. The van der Waals surface area contributed by atoms with E-state index in [0.29, 0.717) is 10.7 Å². The Morgan fingerprint density at radius 1 is 1.40 bits per heavy atom. The molecule has 1 aromatic heterocycles. The van der Waals surface area contributed by atoms with Crippen LogP contribution in [0.5, 0.6) is 0 Å². The Morgan fingerprint density at radius 2 is 2.10 bits per heavy atom. The highest BCUT2D eigenvalue weighted by atomic mass is 19.4. The summed E-state index contributed by atoms with van der Waals surface area (Å²) >= 11 is 0. The molecule has 2 rings (SSSR count). The van der Waals surface area contributed by atoms with Crippen LogP contribution in [0.4, 0.5) is 13.2 Å². The summed E-state index contributed by atoms with van der Waals surface area (Å²) in [5.41, 5.74) is -2.01. The van der Waals surface area contributed by atoms with Crippen molar-refractivity contribution < 1.29 is 23.1 Å². The minimum atomic E-state index is -4.60. The summed E-state index contributed by atoms with van der Waals surface area (Å²) in [5.74, 6) is -1.49. The number of halogens is 3. The Morgan fingerprint density at radius 3 is 2.60 bits per heavy atom. The molecule has 0 fully saturated rings. The summed E-state index contributed by atoms with van der Waals surface area (Å²) in [6.07, 6.45) is -3.64. The van der Waals surface area contributed by atoms with Crippen molar-refractivity contribution in [2.45, 2.75) is 12.2 Å². The topological polar surface area (TPSA) is 88.0 Å². The lowest BCUT2D eigenvalue weighted by Gasteiger charge is -2.14. The van der Waals surface area contributed by atoms with Gasteiger partial charge in [-0.1, -0.05) is 12.1 Å². The highest BCUT2D eigenvalue weighted by molar-refractivity contribution is 5.75. The zero-order valence-electron chi connectivity index (χ0n) is 9.76. The van der Waals surface area contributed by atoms with Gasteiger partial charge in [0.2, 0.25) is 0 Å². The van der Waals surface area contributed by atoms with Gasteiger partial charge in [-0.25, -0.2) is 9.59 Å². The fraction of sp³-hybridized carbons (Fsp3) is 0.182. The molecule has 106 valence electrons. The molecule has 0 bridgehead atoms. The zero-order valence-corrected chi connectivity index (χ0v) is 9.76. The molecule has 20 heavy (non-hydrogen) atoms. The van der Waals surface area contributed by atoms with E-state index in [4.69, 9.17) is 5.11 Å². The van der Waals surface area contributed by atoms with Gasteiger partial charge in [0.1, 0.15) is 6.33 Å². The fourth-order valence-corrected chi connectivity index (χ4v) is 1.72. The van der Waals surface area contributed by atoms with Crippen molar-refractivity contribution in [2.24, 2.45) is 0 Å². The Balaban J connectivity index is 2.54. The van der Waals surface area contributed by atoms with Gasteiger partial charge >= 0.3 is 17.8 Å². The molecule has 1 aromatic carbocycles. The van der Waals surface area contributed by atoms with Gasteiger partial charge in [0, 0.05) is 0 Å². The predicted molar refractivity (Wildman–Crippen MR) is 60.1 cm³/mol. The lowest BCUT2D eigenvalue weighted by Crippen LogP contribution is -2.30. The second-order valence-corrected chi connectivity index (χ2v) is 3.90. The average Bonchev–Trinajstić information content (AvgIpc) is 2.75. The first kappa shape index (κ1) is 13.8. The van der Waals surface area contributed by atoms with Gasteiger partial charge in [-0.3, -0.25) is 4.98 Å². The lowest BCUT2D eigenvalue weighted by atomic mass is 10.0. The molecule has 9 heteroatoms. The summed E-state index contributed by atoms with van der Waals surface area (Å²) in [7, 11) is 0. The largest absolute Gasteiger partial charge is 0.479 e. The van der Waals surface area contributed by atoms with Gasteiger partial charge in [-0.15, -0.1) is 0 Å². The molecule has 0 saturated heterocycles. The third kappa shape index (κ3) is 2.56. The van der Waals surface area contributed by atoms with Crippen LogP contribution in [0.15, 0.2) is 35.4 Å². The maximum absolute atomic E-state index is 12.6. The number of benzene rings is 1. The molecule has 1 unspecified atom stereocenters. The van der Waals surface area contributed by atoms with Crippen LogP contribution >= 0.6 is 0 Å². The number of nitrogens with zero attached hydrogens (tertiary/aromatic N) is 2. The summed E-state index contributed by atoms with van der Waals surface area (Å²) in [6, 6.07) is 2.13. The molecule has 0 aliphatic rings. The number of H-pyrrole nitrogens is 1. The summed E-state index contributed by atoms with van der Waals surface area (Å²) in [5, 5.41) is 12.6. The molecule has 2 aromatic rings. The third-order valence-electron chi connectivity index (χ3n) is 2.59. The van der Waals surface area contributed by atoms with E-state index >= 15 is 0 Å². The van der Waals surface area contributed by atoms with E-state index in [-0.39, 0.29) is 5.56 Å². The van der Waals surface area contributed by atoms with Crippen molar-refractivity contribution in [1.82, 2.24) is 14.8 Å². The maximum atomic E-state index is 12.6. The Labute approximate surface area is 109 Å². The van der Waals surface area contributed by atoms with Crippen molar-refractivity contribution in [3.8, 4) is 0 Å². The monoisotopic (exact) mass is 287 g/mol. The molecular formula is C11H8F3N3O3. The molecule has 0 aliphatic carbocycles. The smallest absolute Gasteiger partial charge is 0.416 e. The molecule has 0 radical (unpaired) electrons. The maximum Gasteiger partial charge on any atom is 0.416 e. The number of carbonyl (C=O) groups is 1. The quantitative estimate of drug-likeness (QED) is 0.889. The van der Waals surface area contributed by atoms with Crippen LogP contribution in [0.3, 0.4) is 0 Å². The number of rotatable bonds is 3. The van der Waals surface area contributed by atoms with Crippen molar-refractivity contribution >= 4 is 5.97 Å². The molecule has 1 heterocycles. The number of hydrogen-bond donors (Lipinski definition) is 2. The number of aliphatic carboxylic acids is 1. The lowest BCUT2D eigenvalue weighted by molar-refractivity contribution is -0.141. The van der Waals surface area contributed by atoms with Gasteiger partial charge in [0.15, 0.2) is 6.04 Å². The van der Waals surface area contributed by atoms with Crippen LogP contribution in [-0.2, 0) is 11.0 Å². The predicted octanol–water partition coefficient (Wildman–Crippen LogP) is 1.26. The first-order valence-corrected chi connectivity index (χ1v) is 5.33. The van der Waals surface area contributed by atoms with E-state index < -0.39 is 29.4 Å². The summed E-state index contributed by atoms with van der Waals surface area (Å²) in [6.45, 7) is 0. The van der Waals surface area contributed by atoms with Crippen molar-refractivity contribution in [3.63, 3.8) is 0 Å². The van der Waals surface area contributed by atoms with Crippen molar-refractivity contribution in [1.29, 1.82) is 0 Å². The van der Waals surface area contributed by atoms with Crippen LogP contribution in [0.1, 0.15) is 17.2 Å². The molecule has 0 aliphatic heterocycles. The van der Waals surface area contributed by atoms with Crippen molar-refractivity contribution in [2.75, 3.05) is 0 Å². The van der Waals surface area contributed by atoms with E-state index in [9.17, 15) is 22.8 Å². The molecule has 1 atom stereocenters.